The molecule has 0 amide bonds. The summed E-state index contributed by atoms with van der Waals surface area (Å²) in [6, 6.07) is 17.0. The standard InChI is InChI=1S/C20H21N3/c1-15-8-10-17(11-9-15)21-18-6-4-5-16(13-18)19-14-23-12-3-2-7-20(23)22-19/h4-6,8-11,13-14,21H,2-3,7,12H2,1H3. The van der Waals surface area contributed by atoms with E-state index in [1.807, 2.05) is 0 Å². The molecule has 0 fully saturated rings. The number of imidazole rings is 1. The van der Waals surface area contributed by atoms with Gasteiger partial charge in [0.2, 0.25) is 0 Å². The van der Waals surface area contributed by atoms with Crippen LogP contribution in [0.25, 0.3) is 11.3 Å². The van der Waals surface area contributed by atoms with Crippen LogP contribution in [0.3, 0.4) is 0 Å². The largest absolute Gasteiger partial charge is 0.356 e. The highest BCUT2D eigenvalue weighted by Gasteiger charge is 2.13. The van der Waals surface area contributed by atoms with Crippen molar-refractivity contribution in [1.82, 2.24) is 9.55 Å². The van der Waals surface area contributed by atoms with E-state index in [4.69, 9.17) is 4.98 Å². The summed E-state index contributed by atoms with van der Waals surface area (Å²) in [5, 5.41) is 3.47. The zero-order chi connectivity index (χ0) is 15.6. The molecule has 0 unspecified atom stereocenters. The van der Waals surface area contributed by atoms with Crippen LogP contribution in [-0.2, 0) is 13.0 Å². The molecule has 0 spiro atoms. The summed E-state index contributed by atoms with van der Waals surface area (Å²) in [5.41, 5.74) is 5.72. The second kappa shape index (κ2) is 5.92. The first kappa shape index (κ1) is 14.1. The van der Waals surface area contributed by atoms with E-state index in [0.29, 0.717) is 0 Å². The fraction of sp³-hybridized carbons (Fsp3) is 0.250. The van der Waals surface area contributed by atoms with Crippen LogP contribution >= 0.6 is 0 Å². The lowest BCUT2D eigenvalue weighted by molar-refractivity contribution is 0.522. The summed E-state index contributed by atoms with van der Waals surface area (Å²) in [5.74, 6) is 1.23. The summed E-state index contributed by atoms with van der Waals surface area (Å²) >= 11 is 0. The van der Waals surface area contributed by atoms with Crippen LogP contribution in [0.5, 0.6) is 0 Å². The third-order valence-corrected chi connectivity index (χ3v) is 4.41. The minimum atomic E-state index is 1.08. The van der Waals surface area contributed by atoms with Crippen molar-refractivity contribution < 1.29 is 0 Å². The number of aromatic nitrogens is 2. The summed E-state index contributed by atoms with van der Waals surface area (Å²) < 4.78 is 2.30. The van der Waals surface area contributed by atoms with Gasteiger partial charge in [-0.15, -0.1) is 0 Å². The summed E-state index contributed by atoms with van der Waals surface area (Å²) in [7, 11) is 0. The quantitative estimate of drug-likeness (QED) is 0.743. The first-order valence-electron chi connectivity index (χ1n) is 8.28. The van der Waals surface area contributed by atoms with Gasteiger partial charge in [-0.25, -0.2) is 4.98 Å². The number of hydrogen-bond donors (Lipinski definition) is 1. The topological polar surface area (TPSA) is 29.9 Å². The molecule has 23 heavy (non-hydrogen) atoms. The first-order chi connectivity index (χ1) is 11.3. The van der Waals surface area contributed by atoms with Crippen molar-refractivity contribution >= 4 is 11.4 Å². The Hall–Kier alpha value is -2.55. The monoisotopic (exact) mass is 303 g/mol. The highest BCUT2D eigenvalue weighted by Crippen LogP contribution is 2.26. The molecule has 4 rings (SSSR count). The highest BCUT2D eigenvalue weighted by atomic mass is 15.1. The second-order valence-electron chi connectivity index (χ2n) is 6.26. The Morgan fingerprint density at radius 2 is 1.87 bits per heavy atom. The minimum absolute atomic E-state index is 1.08. The van der Waals surface area contributed by atoms with E-state index in [-0.39, 0.29) is 0 Å². The zero-order valence-corrected chi connectivity index (χ0v) is 13.4. The fourth-order valence-electron chi connectivity index (χ4n) is 3.11. The van der Waals surface area contributed by atoms with Gasteiger partial charge in [0.1, 0.15) is 5.82 Å². The van der Waals surface area contributed by atoms with Crippen molar-refractivity contribution in [3.63, 3.8) is 0 Å². The molecular formula is C20H21N3. The van der Waals surface area contributed by atoms with E-state index in [2.05, 4.69) is 71.5 Å². The average molecular weight is 303 g/mol. The molecule has 1 aromatic heterocycles. The SMILES string of the molecule is Cc1ccc(Nc2cccc(-c3cn4c(n3)CCCC4)c2)cc1. The molecular weight excluding hydrogens is 282 g/mol. The van der Waals surface area contributed by atoms with E-state index >= 15 is 0 Å². The van der Waals surface area contributed by atoms with Crippen LogP contribution in [-0.4, -0.2) is 9.55 Å². The average Bonchev–Trinajstić information content (AvgIpc) is 3.01. The van der Waals surface area contributed by atoms with Crippen molar-refractivity contribution in [2.75, 3.05) is 5.32 Å². The van der Waals surface area contributed by atoms with Crippen LogP contribution in [0.15, 0.2) is 54.7 Å². The fourth-order valence-corrected chi connectivity index (χ4v) is 3.11. The summed E-state index contributed by atoms with van der Waals surface area (Å²) in [4.78, 5) is 4.82. The Balaban J connectivity index is 1.60. The number of benzene rings is 2. The molecule has 1 aliphatic rings. The van der Waals surface area contributed by atoms with Crippen LogP contribution in [0.1, 0.15) is 24.2 Å². The number of aryl methyl sites for hydroxylation is 3. The summed E-state index contributed by atoms with van der Waals surface area (Å²) in [6.45, 7) is 3.20. The number of fused-ring (bicyclic) bond motifs is 1. The Morgan fingerprint density at radius 3 is 2.70 bits per heavy atom. The predicted octanol–water partition coefficient (Wildman–Crippen LogP) is 4.94. The normalized spacial score (nSPS) is 13.6. The number of hydrogen-bond acceptors (Lipinski definition) is 2. The minimum Gasteiger partial charge on any atom is -0.356 e. The molecule has 3 heteroatoms. The number of nitrogens with zero attached hydrogens (tertiary/aromatic N) is 2. The highest BCUT2D eigenvalue weighted by molar-refractivity contribution is 5.68. The molecule has 0 bridgehead atoms. The van der Waals surface area contributed by atoms with E-state index in [1.165, 1.54) is 29.8 Å². The molecule has 0 aliphatic carbocycles. The molecule has 3 aromatic rings. The van der Waals surface area contributed by atoms with Gasteiger partial charge in [0.15, 0.2) is 0 Å². The molecule has 2 aromatic carbocycles. The third kappa shape index (κ3) is 3.00. The van der Waals surface area contributed by atoms with E-state index < -0.39 is 0 Å². The van der Waals surface area contributed by atoms with Crippen molar-refractivity contribution in [3.8, 4) is 11.3 Å². The molecule has 0 radical (unpaired) electrons. The van der Waals surface area contributed by atoms with E-state index in [9.17, 15) is 0 Å². The summed E-state index contributed by atoms with van der Waals surface area (Å²) in [6.07, 6.45) is 5.81. The van der Waals surface area contributed by atoms with Crippen molar-refractivity contribution in [2.24, 2.45) is 0 Å². The maximum absolute atomic E-state index is 4.82. The zero-order valence-electron chi connectivity index (χ0n) is 13.4. The van der Waals surface area contributed by atoms with Crippen LogP contribution in [0.4, 0.5) is 11.4 Å². The molecule has 0 atom stereocenters. The van der Waals surface area contributed by atoms with Gasteiger partial charge in [-0.1, -0.05) is 29.8 Å². The maximum Gasteiger partial charge on any atom is 0.109 e. The Bertz CT molecular complexity index is 792. The van der Waals surface area contributed by atoms with Gasteiger partial charge in [-0.2, -0.15) is 0 Å². The van der Waals surface area contributed by atoms with Crippen LogP contribution in [0, 0.1) is 6.92 Å². The number of rotatable bonds is 3. The number of anilines is 2. The molecule has 2 heterocycles. The van der Waals surface area contributed by atoms with Crippen molar-refractivity contribution in [3.05, 3.63) is 66.1 Å². The van der Waals surface area contributed by atoms with Gasteiger partial charge in [-0.05, 0) is 44.0 Å². The van der Waals surface area contributed by atoms with E-state index in [1.54, 1.807) is 0 Å². The molecule has 0 saturated heterocycles. The first-order valence-corrected chi connectivity index (χ1v) is 8.28. The molecule has 1 N–H and O–H groups in total. The van der Waals surface area contributed by atoms with Gasteiger partial charge in [0, 0.05) is 36.1 Å². The van der Waals surface area contributed by atoms with Crippen LogP contribution < -0.4 is 5.32 Å². The molecule has 116 valence electrons. The third-order valence-electron chi connectivity index (χ3n) is 4.41. The van der Waals surface area contributed by atoms with Gasteiger partial charge < -0.3 is 9.88 Å². The Kier molecular flexibility index (Phi) is 3.62. The maximum atomic E-state index is 4.82. The van der Waals surface area contributed by atoms with Crippen LogP contribution in [0.2, 0.25) is 0 Å². The number of nitrogens with one attached hydrogen (secondary N) is 1. The van der Waals surface area contributed by atoms with Gasteiger partial charge in [-0.3, -0.25) is 0 Å². The predicted molar refractivity (Wildman–Crippen MR) is 95.1 cm³/mol. The van der Waals surface area contributed by atoms with Crippen molar-refractivity contribution in [1.29, 1.82) is 0 Å². The molecule has 3 nitrogen and oxygen atoms in total. The molecule has 0 saturated carbocycles. The van der Waals surface area contributed by atoms with Gasteiger partial charge >= 0.3 is 0 Å². The Labute approximate surface area is 137 Å². The smallest absolute Gasteiger partial charge is 0.109 e. The van der Waals surface area contributed by atoms with Crippen molar-refractivity contribution in [2.45, 2.75) is 32.7 Å². The Morgan fingerprint density at radius 1 is 1.00 bits per heavy atom. The second-order valence-corrected chi connectivity index (χ2v) is 6.26. The lowest BCUT2D eigenvalue weighted by atomic mass is 10.1. The lowest BCUT2D eigenvalue weighted by Gasteiger charge is -2.11. The van der Waals surface area contributed by atoms with E-state index in [0.717, 1.165) is 30.0 Å². The van der Waals surface area contributed by atoms with Gasteiger partial charge in [0.05, 0.1) is 5.69 Å². The van der Waals surface area contributed by atoms with Gasteiger partial charge in [0.25, 0.3) is 0 Å². The molecule has 1 aliphatic heterocycles. The lowest BCUT2D eigenvalue weighted by Crippen LogP contribution is -2.08.